The predicted octanol–water partition coefficient (Wildman–Crippen LogP) is 2.76. The standard InChI is InChI=1S/C28H28N4O5/c33-25(20-5-8-23(9-6-20)29-27(34)28(35)32-13-17-37-18-14-32)10-7-22-19-21-3-1-2-4-24(21)30-26(22)31-11-15-36-16-12-31/h1-10,19H,11-18H2,(H,29,34). The number of nitrogens with zero attached hydrogens (tertiary/aromatic N) is 3. The molecule has 2 fully saturated rings. The first kappa shape index (κ1) is 24.6. The van der Waals surface area contributed by atoms with Gasteiger partial charge < -0.3 is 24.6 Å². The maximum atomic E-state index is 12.9. The van der Waals surface area contributed by atoms with Crippen LogP contribution in [0.3, 0.4) is 0 Å². The van der Waals surface area contributed by atoms with Gasteiger partial charge in [-0.05, 0) is 48.6 Å². The summed E-state index contributed by atoms with van der Waals surface area (Å²) in [7, 11) is 0. The Bertz CT molecular complexity index is 1330. The van der Waals surface area contributed by atoms with Crippen molar-refractivity contribution in [1.82, 2.24) is 9.88 Å². The third-order valence-corrected chi connectivity index (χ3v) is 6.38. The number of carbonyl (C=O) groups is 3. The first-order valence-corrected chi connectivity index (χ1v) is 12.3. The van der Waals surface area contributed by atoms with E-state index in [4.69, 9.17) is 14.5 Å². The minimum Gasteiger partial charge on any atom is -0.378 e. The average molecular weight is 501 g/mol. The van der Waals surface area contributed by atoms with Gasteiger partial charge in [-0.2, -0.15) is 0 Å². The largest absolute Gasteiger partial charge is 0.378 e. The molecule has 37 heavy (non-hydrogen) atoms. The number of hydrogen-bond acceptors (Lipinski definition) is 7. The first-order chi connectivity index (χ1) is 18.1. The van der Waals surface area contributed by atoms with Crippen molar-refractivity contribution in [2.45, 2.75) is 0 Å². The van der Waals surface area contributed by atoms with Crippen LogP contribution in [0.4, 0.5) is 11.5 Å². The van der Waals surface area contributed by atoms with Crippen LogP contribution in [0.5, 0.6) is 0 Å². The molecule has 1 aromatic heterocycles. The zero-order chi connectivity index (χ0) is 25.6. The number of ketones is 1. The van der Waals surface area contributed by atoms with Crippen molar-refractivity contribution in [1.29, 1.82) is 0 Å². The van der Waals surface area contributed by atoms with Crippen molar-refractivity contribution >= 4 is 46.1 Å². The molecule has 0 unspecified atom stereocenters. The molecule has 0 aliphatic carbocycles. The van der Waals surface area contributed by atoms with Crippen LogP contribution < -0.4 is 10.2 Å². The second-order valence-electron chi connectivity index (χ2n) is 8.83. The number of pyridine rings is 1. The van der Waals surface area contributed by atoms with Crippen molar-refractivity contribution in [2.24, 2.45) is 0 Å². The van der Waals surface area contributed by atoms with E-state index < -0.39 is 11.8 Å². The summed E-state index contributed by atoms with van der Waals surface area (Å²) in [5, 5.41) is 3.60. The number of fused-ring (bicyclic) bond motifs is 1. The number of hydrogen-bond donors (Lipinski definition) is 1. The van der Waals surface area contributed by atoms with Gasteiger partial charge in [0.2, 0.25) is 0 Å². The molecule has 9 nitrogen and oxygen atoms in total. The van der Waals surface area contributed by atoms with Crippen LogP contribution in [-0.4, -0.2) is 80.1 Å². The van der Waals surface area contributed by atoms with Gasteiger partial charge in [0.05, 0.1) is 31.9 Å². The quantitative estimate of drug-likeness (QED) is 0.327. The maximum Gasteiger partial charge on any atom is 0.313 e. The molecule has 3 heterocycles. The zero-order valence-corrected chi connectivity index (χ0v) is 20.4. The molecule has 0 bridgehead atoms. The van der Waals surface area contributed by atoms with Crippen molar-refractivity contribution in [3.63, 3.8) is 0 Å². The molecule has 2 aliphatic heterocycles. The summed E-state index contributed by atoms with van der Waals surface area (Å²) in [6.07, 6.45) is 3.33. The van der Waals surface area contributed by atoms with Gasteiger partial charge in [0.25, 0.3) is 0 Å². The first-order valence-electron chi connectivity index (χ1n) is 12.3. The Kier molecular flexibility index (Phi) is 7.53. The van der Waals surface area contributed by atoms with Crippen LogP contribution in [0.25, 0.3) is 17.0 Å². The fraction of sp³-hybridized carbons (Fsp3) is 0.286. The van der Waals surface area contributed by atoms with Crippen LogP contribution in [0.2, 0.25) is 0 Å². The second-order valence-corrected chi connectivity index (χ2v) is 8.83. The fourth-order valence-corrected chi connectivity index (χ4v) is 4.35. The molecule has 1 N–H and O–H groups in total. The highest BCUT2D eigenvalue weighted by atomic mass is 16.5. The zero-order valence-electron chi connectivity index (χ0n) is 20.4. The highest BCUT2D eigenvalue weighted by Crippen LogP contribution is 2.26. The predicted molar refractivity (Wildman–Crippen MR) is 141 cm³/mol. The van der Waals surface area contributed by atoms with Crippen molar-refractivity contribution < 1.29 is 23.9 Å². The van der Waals surface area contributed by atoms with Crippen molar-refractivity contribution in [2.75, 3.05) is 62.8 Å². The van der Waals surface area contributed by atoms with E-state index >= 15 is 0 Å². The molecule has 5 rings (SSSR count). The Labute approximate surface area is 214 Å². The monoisotopic (exact) mass is 500 g/mol. The molecule has 0 radical (unpaired) electrons. The average Bonchev–Trinajstić information content (AvgIpc) is 2.96. The number of nitrogens with one attached hydrogen (secondary N) is 1. The van der Waals surface area contributed by atoms with E-state index in [-0.39, 0.29) is 5.78 Å². The molecule has 3 aromatic rings. The van der Waals surface area contributed by atoms with Crippen LogP contribution >= 0.6 is 0 Å². The van der Waals surface area contributed by atoms with Crippen molar-refractivity contribution in [3.05, 3.63) is 71.8 Å². The van der Waals surface area contributed by atoms with E-state index in [9.17, 15) is 14.4 Å². The Morgan fingerprint density at radius 2 is 1.54 bits per heavy atom. The van der Waals surface area contributed by atoms with E-state index in [0.29, 0.717) is 50.8 Å². The Balaban J connectivity index is 1.29. The van der Waals surface area contributed by atoms with Gasteiger partial charge in [0.15, 0.2) is 5.78 Å². The van der Waals surface area contributed by atoms with Gasteiger partial charge in [-0.3, -0.25) is 14.4 Å². The number of ether oxygens (including phenoxy) is 2. The molecular weight excluding hydrogens is 472 g/mol. The number of amides is 2. The molecular formula is C28H28N4O5. The SMILES string of the molecule is O=C(Nc1ccc(C(=O)C=Cc2cc3ccccc3nc2N2CCOCC2)cc1)C(=O)N1CCOCC1. The van der Waals surface area contributed by atoms with E-state index in [0.717, 1.165) is 35.4 Å². The van der Waals surface area contributed by atoms with Crippen LogP contribution in [0.1, 0.15) is 15.9 Å². The van der Waals surface area contributed by atoms with Gasteiger partial charge in [-0.15, -0.1) is 0 Å². The van der Waals surface area contributed by atoms with Crippen LogP contribution in [0.15, 0.2) is 60.7 Å². The molecule has 0 saturated carbocycles. The number of anilines is 2. The van der Waals surface area contributed by atoms with Gasteiger partial charge in [-0.25, -0.2) is 4.98 Å². The third kappa shape index (κ3) is 5.84. The summed E-state index contributed by atoms with van der Waals surface area (Å²) in [6, 6.07) is 16.4. The summed E-state index contributed by atoms with van der Waals surface area (Å²) in [5.74, 6) is -0.649. The molecule has 0 atom stereocenters. The third-order valence-electron chi connectivity index (χ3n) is 6.38. The van der Waals surface area contributed by atoms with Gasteiger partial charge >= 0.3 is 11.8 Å². The fourth-order valence-electron chi connectivity index (χ4n) is 4.35. The Hall–Kier alpha value is -4.08. The second kappa shape index (κ2) is 11.3. The minimum atomic E-state index is -0.708. The molecule has 2 saturated heterocycles. The van der Waals surface area contributed by atoms with E-state index in [2.05, 4.69) is 10.2 Å². The van der Waals surface area contributed by atoms with E-state index in [1.807, 2.05) is 30.3 Å². The summed E-state index contributed by atoms with van der Waals surface area (Å²) in [5.41, 5.74) is 2.67. The normalized spacial score (nSPS) is 16.2. The lowest BCUT2D eigenvalue weighted by Crippen LogP contribution is -2.45. The van der Waals surface area contributed by atoms with E-state index in [1.165, 1.54) is 11.0 Å². The topological polar surface area (TPSA) is 101 Å². The number of benzene rings is 2. The molecule has 2 amide bonds. The Morgan fingerprint density at radius 3 is 2.27 bits per heavy atom. The number of morpholine rings is 2. The maximum absolute atomic E-state index is 12.9. The molecule has 190 valence electrons. The van der Waals surface area contributed by atoms with Gasteiger partial charge in [-0.1, -0.05) is 18.2 Å². The highest BCUT2D eigenvalue weighted by molar-refractivity contribution is 6.39. The lowest BCUT2D eigenvalue weighted by molar-refractivity contribution is -0.145. The van der Waals surface area contributed by atoms with Crippen LogP contribution in [-0.2, 0) is 19.1 Å². The number of para-hydroxylation sites is 1. The molecule has 2 aromatic carbocycles. The van der Waals surface area contributed by atoms with Gasteiger partial charge in [0.1, 0.15) is 5.82 Å². The van der Waals surface area contributed by atoms with Crippen molar-refractivity contribution in [3.8, 4) is 0 Å². The number of carbonyl (C=O) groups excluding carboxylic acids is 3. The minimum absolute atomic E-state index is 0.177. The smallest absolute Gasteiger partial charge is 0.313 e. The summed E-state index contributed by atoms with van der Waals surface area (Å²) in [6.45, 7) is 4.38. The molecule has 2 aliphatic rings. The number of aromatic nitrogens is 1. The van der Waals surface area contributed by atoms with Crippen LogP contribution in [0, 0.1) is 0 Å². The number of allylic oxidation sites excluding steroid dienone is 1. The summed E-state index contributed by atoms with van der Waals surface area (Å²) in [4.78, 5) is 46.0. The summed E-state index contributed by atoms with van der Waals surface area (Å²) < 4.78 is 10.7. The molecule has 9 heteroatoms. The Morgan fingerprint density at radius 1 is 0.865 bits per heavy atom. The summed E-state index contributed by atoms with van der Waals surface area (Å²) >= 11 is 0. The molecule has 0 spiro atoms. The lowest BCUT2D eigenvalue weighted by atomic mass is 10.1. The highest BCUT2D eigenvalue weighted by Gasteiger charge is 2.23. The van der Waals surface area contributed by atoms with E-state index in [1.54, 1.807) is 30.3 Å². The number of rotatable bonds is 5. The lowest BCUT2D eigenvalue weighted by Gasteiger charge is -2.29. The van der Waals surface area contributed by atoms with Gasteiger partial charge in [0, 0.05) is 48.4 Å².